The van der Waals surface area contributed by atoms with Gasteiger partial charge in [0.1, 0.15) is 5.75 Å². The van der Waals surface area contributed by atoms with E-state index in [1.165, 1.54) is 0 Å². The fraction of sp³-hybridized carbons (Fsp3) is 0.133. The Morgan fingerprint density at radius 1 is 1.16 bits per heavy atom. The second-order valence-electron chi connectivity index (χ2n) is 4.16. The number of rotatable bonds is 3. The van der Waals surface area contributed by atoms with Gasteiger partial charge < -0.3 is 10.1 Å². The normalized spacial score (nSPS) is 10.1. The molecule has 0 aliphatic carbocycles. The molecule has 2 aromatic carbocycles. The van der Waals surface area contributed by atoms with Crippen molar-refractivity contribution in [3.63, 3.8) is 0 Å². The van der Waals surface area contributed by atoms with E-state index in [1.54, 1.807) is 13.2 Å². The number of ether oxygens (including phenoxy) is 1. The number of halogens is 1. The minimum Gasteiger partial charge on any atom is -0.496 e. The van der Waals surface area contributed by atoms with E-state index in [2.05, 4.69) is 27.9 Å². The number of hydrogen-bond donors (Lipinski definition) is 1. The maximum Gasteiger partial charge on any atom is 0.259 e. The van der Waals surface area contributed by atoms with E-state index in [0.29, 0.717) is 11.3 Å². The zero-order valence-corrected chi connectivity index (χ0v) is 12.9. The standard InChI is InChI=1S/C15H14INO2/c1-10-3-8-14(19-2)13(9-10)15(18)17-12-6-4-11(16)5-7-12/h3-9H,1-2H3,(H,17,18). The van der Waals surface area contributed by atoms with Gasteiger partial charge in [-0.05, 0) is 65.9 Å². The minimum absolute atomic E-state index is 0.165. The average molecular weight is 367 g/mol. The van der Waals surface area contributed by atoms with Crippen LogP contribution < -0.4 is 10.1 Å². The monoisotopic (exact) mass is 367 g/mol. The summed E-state index contributed by atoms with van der Waals surface area (Å²) in [6.45, 7) is 1.95. The van der Waals surface area contributed by atoms with Gasteiger partial charge in [-0.3, -0.25) is 4.79 Å². The zero-order valence-electron chi connectivity index (χ0n) is 10.7. The minimum atomic E-state index is -0.165. The van der Waals surface area contributed by atoms with Crippen LogP contribution in [0.4, 0.5) is 5.69 Å². The summed E-state index contributed by atoms with van der Waals surface area (Å²) in [5.74, 6) is 0.412. The highest BCUT2D eigenvalue weighted by molar-refractivity contribution is 14.1. The van der Waals surface area contributed by atoms with Crippen molar-refractivity contribution in [2.75, 3.05) is 12.4 Å². The van der Waals surface area contributed by atoms with Gasteiger partial charge in [0, 0.05) is 9.26 Å². The first-order valence-corrected chi connectivity index (χ1v) is 6.89. The van der Waals surface area contributed by atoms with Crippen LogP contribution in [0.3, 0.4) is 0 Å². The van der Waals surface area contributed by atoms with Crippen LogP contribution >= 0.6 is 22.6 Å². The molecule has 0 atom stereocenters. The summed E-state index contributed by atoms with van der Waals surface area (Å²) in [6, 6.07) is 13.2. The number of aryl methyl sites for hydroxylation is 1. The molecule has 0 saturated carbocycles. The predicted octanol–water partition coefficient (Wildman–Crippen LogP) is 3.86. The molecule has 0 spiro atoms. The third-order valence-electron chi connectivity index (χ3n) is 2.70. The molecule has 0 saturated heterocycles. The second kappa shape index (κ2) is 6.06. The van der Waals surface area contributed by atoms with Gasteiger partial charge >= 0.3 is 0 Å². The van der Waals surface area contributed by atoms with Crippen LogP contribution in [-0.4, -0.2) is 13.0 Å². The van der Waals surface area contributed by atoms with E-state index in [0.717, 1.165) is 14.8 Å². The van der Waals surface area contributed by atoms with Crippen molar-refractivity contribution in [3.8, 4) is 5.75 Å². The van der Waals surface area contributed by atoms with Gasteiger partial charge in [-0.25, -0.2) is 0 Å². The molecule has 0 aromatic heterocycles. The van der Waals surface area contributed by atoms with Gasteiger partial charge in [0.05, 0.1) is 12.7 Å². The van der Waals surface area contributed by atoms with Crippen LogP contribution in [0.25, 0.3) is 0 Å². The van der Waals surface area contributed by atoms with Crippen molar-refractivity contribution < 1.29 is 9.53 Å². The molecule has 0 fully saturated rings. The van der Waals surface area contributed by atoms with E-state index in [-0.39, 0.29) is 5.91 Å². The molecule has 2 aromatic rings. The summed E-state index contributed by atoms with van der Waals surface area (Å²) in [5, 5.41) is 2.87. The summed E-state index contributed by atoms with van der Waals surface area (Å²) in [6.07, 6.45) is 0. The highest BCUT2D eigenvalue weighted by Crippen LogP contribution is 2.21. The SMILES string of the molecule is COc1ccc(C)cc1C(=O)Nc1ccc(I)cc1. The predicted molar refractivity (Wildman–Crippen MR) is 84.8 cm³/mol. The Morgan fingerprint density at radius 3 is 2.47 bits per heavy atom. The first-order chi connectivity index (χ1) is 9.10. The Bertz CT molecular complexity index is 594. The largest absolute Gasteiger partial charge is 0.496 e. The first kappa shape index (κ1) is 13.9. The van der Waals surface area contributed by atoms with Gasteiger partial charge in [-0.1, -0.05) is 11.6 Å². The highest BCUT2D eigenvalue weighted by Gasteiger charge is 2.12. The summed E-state index contributed by atoms with van der Waals surface area (Å²) in [5.41, 5.74) is 2.34. The van der Waals surface area contributed by atoms with Gasteiger partial charge in [-0.15, -0.1) is 0 Å². The summed E-state index contributed by atoms with van der Waals surface area (Å²) in [7, 11) is 1.56. The Morgan fingerprint density at radius 2 is 1.84 bits per heavy atom. The van der Waals surface area contributed by atoms with Crippen LogP contribution in [0.1, 0.15) is 15.9 Å². The molecule has 98 valence electrons. The number of amides is 1. The molecule has 0 radical (unpaired) electrons. The van der Waals surface area contributed by atoms with Crippen LogP contribution in [0.5, 0.6) is 5.75 Å². The summed E-state index contributed by atoms with van der Waals surface area (Å²) >= 11 is 2.22. The Labute approximate surface area is 126 Å². The molecule has 1 N–H and O–H groups in total. The molecule has 19 heavy (non-hydrogen) atoms. The molecular formula is C15H14INO2. The second-order valence-corrected chi connectivity index (χ2v) is 5.41. The van der Waals surface area contributed by atoms with E-state index < -0.39 is 0 Å². The van der Waals surface area contributed by atoms with Crippen molar-refractivity contribution in [2.24, 2.45) is 0 Å². The highest BCUT2D eigenvalue weighted by atomic mass is 127. The molecule has 0 unspecified atom stereocenters. The molecule has 2 rings (SSSR count). The average Bonchev–Trinajstić information content (AvgIpc) is 2.41. The molecule has 3 nitrogen and oxygen atoms in total. The van der Waals surface area contributed by atoms with E-state index in [4.69, 9.17) is 4.74 Å². The van der Waals surface area contributed by atoms with E-state index in [9.17, 15) is 4.79 Å². The lowest BCUT2D eigenvalue weighted by Crippen LogP contribution is -2.13. The van der Waals surface area contributed by atoms with Crippen LogP contribution in [-0.2, 0) is 0 Å². The Balaban J connectivity index is 2.24. The van der Waals surface area contributed by atoms with Crippen molar-refractivity contribution in [3.05, 3.63) is 57.2 Å². The molecule has 4 heteroatoms. The topological polar surface area (TPSA) is 38.3 Å². The Hall–Kier alpha value is -1.56. The number of carbonyl (C=O) groups is 1. The van der Waals surface area contributed by atoms with Crippen LogP contribution in [0.2, 0.25) is 0 Å². The van der Waals surface area contributed by atoms with Crippen molar-refractivity contribution >= 4 is 34.2 Å². The first-order valence-electron chi connectivity index (χ1n) is 5.81. The quantitative estimate of drug-likeness (QED) is 0.837. The lowest BCUT2D eigenvalue weighted by Gasteiger charge is -2.10. The molecule has 0 bridgehead atoms. The van der Waals surface area contributed by atoms with Crippen molar-refractivity contribution in [2.45, 2.75) is 6.92 Å². The number of nitrogens with one attached hydrogen (secondary N) is 1. The van der Waals surface area contributed by atoms with E-state index >= 15 is 0 Å². The van der Waals surface area contributed by atoms with Gasteiger partial charge in [0.2, 0.25) is 0 Å². The molecular weight excluding hydrogens is 353 g/mol. The van der Waals surface area contributed by atoms with Gasteiger partial charge in [-0.2, -0.15) is 0 Å². The molecule has 0 heterocycles. The van der Waals surface area contributed by atoms with Crippen LogP contribution in [0.15, 0.2) is 42.5 Å². The molecule has 0 aliphatic rings. The van der Waals surface area contributed by atoms with Gasteiger partial charge in [0.25, 0.3) is 5.91 Å². The fourth-order valence-corrected chi connectivity index (χ4v) is 2.09. The number of anilines is 1. The zero-order chi connectivity index (χ0) is 13.8. The third-order valence-corrected chi connectivity index (χ3v) is 3.42. The maximum atomic E-state index is 12.2. The maximum absolute atomic E-state index is 12.2. The lowest BCUT2D eigenvalue weighted by molar-refractivity contribution is 0.102. The Kier molecular flexibility index (Phi) is 4.42. The fourth-order valence-electron chi connectivity index (χ4n) is 1.73. The van der Waals surface area contributed by atoms with Gasteiger partial charge in [0.15, 0.2) is 0 Å². The summed E-state index contributed by atoms with van der Waals surface area (Å²) < 4.78 is 6.34. The smallest absolute Gasteiger partial charge is 0.259 e. The van der Waals surface area contributed by atoms with Crippen molar-refractivity contribution in [1.29, 1.82) is 0 Å². The molecule has 1 amide bonds. The summed E-state index contributed by atoms with van der Waals surface area (Å²) in [4.78, 5) is 12.2. The third kappa shape index (κ3) is 3.47. The molecule has 0 aliphatic heterocycles. The van der Waals surface area contributed by atoms with E-state index in [1.807, 2.05) is 43.3 Å². The lowest BCUT2D eigenvalue weighted by atomic mass is 10.1. The number of carbonyl (C=O) groups excluding carboxylic acids is 1. The number of hydrogen-bond acceptors (Lipinski definition) is 2. The number of benzene rings is 2. The van der Waals surface area contributed by atoms with Crippen LogP contribution in [0, 0.1) is 10.5 Å². The van der Waals surface area contributed by atoms with Crippen molar-refractivity contribution in [1.82, 2.24) is 0 Å². The number of methoxy groups -OCH3 is 1.